The summed E-state index contributed by atoms with van der Waals surface area (Å²) in [4.78, 5) is 76.0. The quantitative estimate of drug-likeness (QED) is 0.0541. The third kappa shape index (κ3) is 7.80. The molecule has 4 aromatic rings. The fourth-order valence-electron chi connectivity index (χ4n) is 7.57. The number of carbonyl (C=O) groups excluding carboxylic acids is 4. The van der Waals surface area contributed by atoms with Gasteiger partial charge in [-0.25, -0.2) is 14.6 Å². The molecular weight excluding hydrogens is 801 g/mol. The zero-order valence-electron chi connectivity index (χ0n) is 32.1. The molecule has 0 bridgehead atoms. The number of nitrogens with one attached hydrogen (secondary N) is 2. The van der Waals surface area contributed by atoms with Gasteiger partial charge < -0.3 is 35.2 Å². The van der Waals surface area contributed by atoms with Gasteiger partial charge in [0.15, 0.2) is 16.2 Å². The van der Waals surface area contributed by atoms with Crippen LogP contribution in [0.15, 0.2) is 113 Å². The molecule has 59 heavy (non-hydrogen) atoms. The van der Waals surface area contributed by atoms with E-state index in [1.54, 1.807) is 5.38 Å². The number of rotatable bonds is 16. The highest BCUT2D eigenvalue weighted by molar-refractivity contribution is 8.17. The van der Waals surface area contributed by atoms with Crippen LogP contribution in [0.2, 0.25) is 0 Å². The summed E-state index contributed by atoms with van der Waals surface area (Å²) >= 11 is 1.20. The lowest BCUT2D eigenvalue weighted by Crippen LogP contribution is -2.81. The molecule has 1 saturated carbocycles. The Morgan fingerprint density at radius 3 is 2.05 bits per heavy atom. The Balaban J connectivity index is 1.26. The van der Waals surface area contributed by atoms with Gasteiger partial charge in [-0.2, -0.15) is 4.21 Å². The number of carboxylic acids is 1. The molecule has 16 nitrogen and oxygen atoms in total. The topological polar surface area (TPSA) is 229 Å². The van der Waals surface area contributed by atoms with Gasteiger partial charge in [-0.1, -0.05) is 96.2 Å². The van der Waals surface area contributed by atoms with Gasteiger partial charge in [0, 0.05) is 23.6 Å². The molecule has 0 spiro atoms. The summed E-state index contributed by atoms with van der Waals surface area (Å²) < 4.78 is 25.7. The number of carboxylic acid groups (broad SMARTS) is 1. The molecule has 2 fully saturated rings. The summed E-state index contributed by atoms with van der Waals surface area (Å²) in [5, 5.41) is 21.0. The number of β-lactam (4-membered cyclic amide) rings is 1. The standard InChI is InChI=1S/C41H42N6O10S2/c1-3-59(54,57-25(2)48)24-27(22-55-39(42)53)34(38(51)52)47-36(50)33(37(47)59)44-35(49)32(46-56-21-26-19-20-26)31-23-58-40(43-31)45-41(28-13-7-4-8-14-28,29-15-9-5-10-16-29)30-17-11-6-12-18-30/h4-18,23,26,33,37H,3,19-22,24H2,1-2H3,(H2,42,53)(H,43,45)(H,44,49)(H,51,52)/t33-,37-/m1/s1. The Bertz CT molecular complexity index is 2320. The van der Waals surface area contributed by atoms with Crippen molar-refractivity contribution in [1.82, 2.24) is 15.2 Å². The predicted octanol–water partition coefficient (Wildman–Crippen LogP) is 4.10. The fraction of sp³-hybridized carbons (Fsp3) is 0.293. The number of fused-ring (bicyclic) bond motifs is 1. The van der Waals surface area contributed by atoms with E-state index in [2.05, 4.69) is 15.8 Å². The first-order chi connectivity index (χ1) is 28.3. The summed E-state index contributed by atoms with van der Waals surface area (Å²) in [6.45, 7) is 1.95. The second kappa shape index (κ2) is 16.1. The minimum absolute atomic E-state index is 0.0892. The number of nitrogens with two attached hydrogens (primary N) is 1. The lowest BCUT2D eigenvalue weighted by Gasteiger charge is -2.64. The van der Waals surface area contributed by atoms with Gasteiger partial charge in [-0.05, 0) is 42.4 Å². The van der Waals surface area contributed by atoms with Gasteiger partial charge in [0.1, 0.15) is 36.2 Å². The minimum Gasteiger partial charge on any atom is -0.477 e. The maximum Gasteiger partial charge on any atom is 0.404 e. The molecule has 3 aliphatic rings. The van der Waals surface area contributed by atoms with Crippen molar-refractivity contribution < 1.29 is 47.0 Å². The molecule has 0 radical (unpaired) electrons. The molecule has 308 valence electrons. The molecule has 3 heterocycles. The van der Waals surface area contributed by atoms with Crippen LogP contribution in [0.25, 0.3) is 0 Å². The first kappa shape index (κ1) is 40.8. The molecule has 5 N–H and O–H groups in total. The molecule has 18 heteroatoms. The second-order valence-corrected chi connectivity index (χ2v) is 19.3. The number of aromatic nitrogens is 1. The van der Waals surface area contributed by atoms with E-state index >= 15 is 4.21 Å². The predicted molar refractivity (Wildman–Crippen MR) is 218 cm³/mol. The highest BCUT2D eigenvalue weighted by Gasteiger charge is 2.66. The molecule has 2 atom stereocenters. The second-order valence-electron chi connectivity index (χ2n) is 14.4. The fourth-order valence-corrected chi connectivity index (χ4v) is 12.3. The number of aliphatic carboxylic acids is 1. The largest absolute Gasteiger partial charge is 0.477 e. The number of thiazole rings is 1. The van der Waals surface area contributed by atoms with Crippen molar-refractivity contribution in [2.75, 3.05) is 30.0 Å². The van der Waals surface area contributed by atoms with Crippen molar-refractivity contribution in [3.8, 4) is 0 Å². The monoisotopic (exact) mass is 842 g/mol. The van der Waals surface area contributed by atoms with Crippen LogP contribution >= 0.6 is 11.3 Å². The zero-order valence-corrected chi connectivity index (χ0v) is 33.7. The van der Waals surface area contributed by atoms with Crippen molar-refractivity contribution in [1.29, 1.82) is 0 Å². The molecule has 1 saturated heterocycles. The molecular formula is C41H42N6O10S2. The summed E-state index contributed by atoms with van der Waals surface area (Å²) in [6.07, 6.45) is 0.621. The lowest BCUT2D eigenvalue weighted by molar-refractivity contribution is -0.151. The molecule has 2 aliphatic heterocycles. The van der Waals surface area contributed by atoms with Gasteiger partial charge in [0.05, 0.1) is 5.75 Å². The number of anilines is 1. The number of carbonyl (C=O) groups is 5. The van der Waals surface area contributed by atoms with E-state index in [4.69, 9.17) is 24.5 Å². The normalized spacial score (nSPS) is 20.2. The van der Waals surface area contributed by atoms with Crippen LogP contribution < -0.4 is 16.4 Å². The third-order valence-corrected chi connectivity index (χ3v) is 15.6. The van der Waals surface area contributed by atoms with E-state index < -0.39 is 74.2 Å². The van der Waals surface area contributed by atoms with Gasteiger partial charge in [0.2, 0.25) is 0 Å². The van der Waals surface area contributed by atoms with Crippen LogP contribution in [-0.2, 0) is 47.8 Å². The van der Waals surface area contributed by atoms with Crippen molar-refractivity contribution >= 4 is 61.4 Å². The number of oxime groups is 1. The third-order valence-electron chi connectivity index (χ3n) is 10.5. The number of hydrogen-bond acceptors (Lipinski definition) is 13. The van der Waals surface area contributed by atoms with E-state index in [1.165, 1.54) is 18.3 Å². The first-order valence-electron chi connectivity index (χ1n) is 18.7. The lowest BCUT2D eigenvalue weighted by atomic mass is 9.77. The molecule has 1 aromatic heterocycles. The number of benzene rings is 3. The number of nitrogens with zero attached hydrogens (tertiary/aromatic N) is 3. The summed E-state index contributed by atoms with van der Waals surface area (Å²) in [7, 11) is -4.90. The van der Waals surface area contributed by atoms with Crippen LogP contribution in [0.3, 0.4) is 0 Å². The van der Waals surface area contributed by atoms with Crippen molar-refractivity contribution in [2.45, 2.75) is 43.6 Å². The number of ether oxygens (including phenoxy) is 1. The molecule has 1 aliphatic carbocycles. The highest BCUT2D eigenvalue weighted by atomic mass is 32.3. The van der Waals surface area contributed by atoms with E-state index in [1.807, 2.05) is 91.0 Å². The first-order valence-corrected chi connectivity index (χ1v) is 21.9. The minimum atomic E-state index is -4.90. The summed E-state index contributed by atoms with van der Waals surface area (Å²) in [5.74, 6) is -5.29. The average molecular weight is 843 g/mol. The van der Waals surface area contributed by atoms with Crippen LogP contribution in [0.4, 0.5) is 9.93 Å². The Morgan fingerprint density at radius 1 is 0.983 bits per heavy atom. The van der Waals surface area contributed by atoms with Crippen LogP contribution in [0, 0.1) is 5.92 Å². The van der Waals surface area contributed by atoms with Crippen molar-refractivity contribution in [3.63, 3.8) is 0 Å². The molecule has 3 aromatic carbocycles. The smallest absolute Gasteiger partial charge is 0.404 e. The Kier molecular flexibility index (Phi) is 11.1. The maximum atomic E-state index is 15.3. The number of primary amides is 1. The van der Waals surface area contributed by atoms with Gasteiger partial charge in [0.25, 0.3) is 11.8 Å². The van der Waals surface area contributed by atoms with Crippen LogP contribution in [-0.4, -0.2) is 90.9 Å². The van der Waals surface area contributed by atoms with Crippen LogP contribution in [0.1, 0.15) is 49.1 Å². The highest BCUT2D eigenvalue weighted by Crippen LogP contribution is 2.50. The van der Waals surface area contributed by atoms with Crippen molar-refractivity contribution in [2.24, 2.45) is 16.8 Å². The van der Waals surface area contributed by atoms with Gasteiger partial charge in [-0.15, -0.1) is 20.7 Å². The van der Waals surface area contributed by atoms with E-state index in [0.717, 1.165) is 36.5 Å². The van der Waals surface area contributed by atoms with Gasteiger partial charge >= 0.3 is 18.0 Å². The van der Waals surface area contributed by atoms with E-state index in [-0.39, 0.29) is 35.3 Å². The number of amides is 3. The molecule has 3 amide bonds. The Hall–Kier alpha value is -6.40. The van der Waals surface area contributed by atoms with Gasteiger partial charge in [-0.3, -0.25) is 19.3 Å². The maximum absolute atomic E-state index is 15.3. The summed E-state index contributed by atoms with van der Waals surface area (Å²) in [5.41, 5.74) is 5.80. The zero-order chi connectivity index (χ0) is 42.0. The summed E-state index contributed by atoms with van der Waals surface area (Å²) in [6, 6.07) is 27.9. The van der Waals surface area contributed by atoms with Crippen molar-refractivity contribution in [3.05, 3.63) is 130 Å². The SMILES string of the molecule is CCS1(=O)(OC(C)=O)CC(COC(N)=O)=C(C(=O)O)N2C(=O)[C@@H](NC(=O)C(=NOCC3CC3)c3csc(NC(c4ccccc4)(c4ccccc4)c4ccccc4)n3)[C@H]21. The van der Waals surface area contributed by atoms with E-state index in [9.17, 15) is 29.1 Å². The Labute approximate surface area is 343 Å². The Morgan fingerprint density at radius 2 is 1.56 bits per heavy atom. The van der Waals surface area contributed by atoms with E-state index in [0.29, 0.717) is 10.0 Å². The van der Waals surface area contributed by atoms with Crippen LogP contribution in [0.5, 0.6) is 0 Å². The molecule has 7 rings (SSSR count). The molecule has 0 unspecified atom stereocenters. The number of hydrogen-bond donors (Lipinski definition) is 4. The average Bonchev–Trinajstić information content (AvgIpc) is 3.95.